The third kappa shape index (κ3) is 5.79. The van der Waals surface area contributed by atoms with Crippen LogP contribution in [0.2, 0.25) is 18.1 Å². The maximum Gasteiger partial charge on any atom is 0.192 e. The van der Waals surface area contributed by atoms with Crippen LogP contribution in [0, 0.1) is 0 Å². The summed E-state index contributed by atoms with van der Waals surface area (Å²) in [4.78, 5) is 0. The molecule has 1 aromatic rings. The highest BCUT2D eigenvalue weighted by atomic mass is 32.2. The number of rotatable bonds is 6. The first-order chi connectivity index (χ1) is 10.8. The van der Waals surface area contributed by atoms with Crippen molar-refractivity contribution in [2.24, 2.45) is 0 Å². The SMILES string of the molecule is C[C@H](O[Si](C)(C)C(C)(C)C)[C@H](N[S@@](=O)C(C)(C)C)c1ccccc1. The van der Waals surface area contributed by atoms with E-state index in [2.05, 4.69) is 57.6 Å². The highest BCUT2D eigenvalue weighted by Gasteiger charge is 2.40. The fourth-order valence-corrected chi connectivity index (χ4v) is 4.43. The number of benzene rings is 1. The van der Waals surface area contributed by atoms with Crippen molar-refractivity contribution in [3.63, 3.8) is 0 Å². The molecular weight excluding hydrogens is 334 g/mol. The topological polar surface area (TPSA) is 38.3 Å². The molecule has 0 saturated heterocycles. The number of hydrogen-bond donors (Lipinski definition) is 1. The Bertz CT molecular complexity index is 547. The van der Waals surface area contributed by atoms with Crippen molar-refractivity contribution in [3.05, 3.63) is 35.9 Å². The van der Waals surface area contributed by atoms with E-state index in [1.54, 1.807) is 0 Å². The zero-order valence-electron chi connectivity index (χ0n) is 16.8. The second-order valence-corrected chi connectivity index (χ2v) is 15.7. The Hall–Kier alpha value is -0.493. The van der Waals surface area contributed by atoms with E-state index in [-0.39, 0.29) is 21.9 Å². The van der Waals surface area contributed by atoms with Crippen LogP contribution < -0.4 is 4.72 Å². The second kappa shape index (κ2) is 7.81. The summed E-state index contributed by atoms with van der Waals surface area (Å²) in [6.45, 7) is 19.3. The molecule has 1 N–H and O–H groups in total. The predicted molar refractivity (Wildman–Crippen MR) is 108 cm³/mol. The quantitative estimate of drug-likeness (QED) is 0.701. The van der Waals surface area contributed by atoms with E-state index in [1.165, 1.54) is 0 Å². The van der Waals surface area contributed by atoms with Gasteiger partial charge in [0.1, 0.15) is 0 Å². The standard InChI is InChI=1S/C19H35NO2SSi/c1-15(22-24(8,9)19(5,6)7)17(16-13-11-10-12-14-16)20-23(21)18(2,3)4/h10-15,17,20H,1-9H3/t15-,17-,23-/m0/s1. The summed E-state index contributed by atoms with van der Waals surface area (Å²) in [5.41, 5.74) is 1.11. The van der Waals surface area contributed by atoms with Crippen LogP contribution in [-0.4, -0.2) is 23.4 Å². The summed E-state index contributed by atoms with van der Waals surface area (Å²) in [5.74, 6) is 0. The minimum absolute atomic E-state index is 0.0559. The monoisotopic (exact) mass is 369 g/mol. The molecule has 0 unspecified atom stereocenters. The summed E-state index contributed by atoms with van der Waals surface area (Å²) in [7, 11) is -3.05. The molecule has 0 aliphatic heterocycles. The molecule has 1 aromatic carbocycles. The van der Waals surface area contributed by atoms with Gasteiger partial charge in [-0.15, -0.1) is 0 Å². The molecule has 3 nitrogen and oxygen atoms in total. The predicted octanol–water partition coefficient (Wildman–Crippen LogP) is 5.19. The molecule has 0 aliphatic rings. The lowest BCUT2D eigenvalue weighted by molar-refractivity contribution is 0.163. The van der Waals surface area contributed by atoms with Gasteiger partial charge in [-0.1, -0.05) is 51.1 Å². The van der Waals surface area contributed by atoms with E-state index in [0.717, 1.165) is 5.56 Å². The van der Waals surface area contributed by atoms with Gasteiger partial charge in [0.2, 0.25) is 0 Å². The third-order valence-electron chi connectivity index (χ3n) is 4.71. The molecule has 0 radical (unpaired) electrons. The molecule has 0 aromatic heterocycles. The lowest BCUT2D eigenvalue weighted by atomic mass is 10.0. The van der Waals surface area contributed by atoms with Gasteiger partial charge in [-0.3, -0.25) is 0 Å². The maximum atomic E-state index is 12.7. The number of nitrogens with one attached hydrogen (secondary N) is 1. The van der Waals surface area contributed by atoms with E-state index in [0.29, 0.717) is 0 Å². The largest absolute Gasteiger partial charge is 0.412 e. The van der Waals surface area contributed by atoms with Crippen LogP contribution in [0.3, 0.4) is 0 Å². The average molecular weight is 370 g/mol. The Kier molecular flexibility index (Phi) is 7.01. The van der Waals surface area contributed by atoms with Crippen molar-refractivity contribution in [2.45, 2.75) is 83.5 Å². The van der Waals surface area contributed by atoms with Crippen LogP contribution in [0.5, 0.6) is 0 Å². The second-order valence-electron chi connectivity index (χ2n) is 8.97. The molecule has 0 spiro atoms. The van der Waals surface area contributed by atoms with E-state index in [4.69, 9.17) is 4.43 Å². The van der Waals surface area contributed by atoms with Crippen molar-refractivity contribution < 1.29 is 8.63 Å². The van der Waals surface area contributed by atoms with E-state index >= 15 is 0 Å². The fourth-order valence-electron chi connectivity index (χ4n) is 2.10. The van der Waals surface area contributed by atoms with Gasteiger partial charge in [0.25, 0.3) is 0 Å². The van der Waals surface area contributed by atoms with Crippen LogP contribution >= 0.6 is 0 Å². The van der Waals surface area contributed by atoms with Crippen LogP contribution in [0.15, 0.2) is 30.3 Å². The van der Waals surface area contributed by atoms with E-state index in [9.17, 15) is 4.21 Å². The minimum Gasteiger partial charge on any atom is -0.412 e. The number of hydrogen-bond acceptors (Lipinski definition) is 2. The maximum absolute atomic E-state index is 12.7. The van der Waals surface area contributed by atoms with Crippen molar-refractivity contribution in [2.75, 3.05) is 0 Å². The van der Waals surface area contributed by atoms with Gasteiger partial charge in [0.15, 0.2) is 8.32 Å². The van der Waals surface area contributed by atoms with Crippen molar-refractivity contribution in [3.8, 4) is 0 Å². The molecule has 1 rings (SSSR count). The van der Waals surface area contributed by atoms with Crippen LogP contribution in [0.1, 0.15) is 60.1 Å². The minimum atomic E-state index is -1.90. The first kappa shape index (κ1) is 21.5. The zero-order chi connectivity index (χ0) is 18.8. The molecule has 0 saturated carbocycles. The van der Waals surface area contributed by atoms with Crippen molar-refractivity contribution in [1.82, 2.24) is 4.72 Å². The average Bonchev–Trinajstić information content (AvgIpc) is 2.42. The summed E-state index contributed by atoms with van der Waals surface area (Å²) in [5, 5.41) is 0.145. The van der Waals surface area contributed by atoms with E-state index in [1.807, 2.05) is 39.0 Å². The lowest BCUT2D eigenvalue weighted by Crippen LogP contribution is -2.48. The molecule has 138 valence electrons. The first-order valence-electron chi connectivity index (χ1n) is 8.66. The normalized spacial score (nSPS) is 17.4. The van der Waals surface area contributed by atoms with Crippen LogP contribution in [0.25, 0.3) is 0 Å². The van der Waals surface area contributed by atoms with Gasteiger partial charge in [-0.05, 0) is 51.4 Å². The molecule has 0 amide bonds. The summed E-state index contributed by atoms with van der Waals surface area (Å²) in [6.07, 6.45) is -0.0559. The van der Waals surface area contributed by atoms with Crippen molar-refractivity contribution in [1.29, 1.82) is 0 Å². The molecule has 5 heteroatoms. The van der Waals surface area contributed by atoms with Gasteiger partial charge in [0, 0.05) is 0 Å². The van der Waals surface area contributed by atoms with E-state index < -0.39 is 19.3 Å². The van der Waals surface area contributed by atoms with Gasteiger partial charge in [-0.2, -0.15) is 0 Å². The highest BCUT2D eigenvalue weighted by molar-refractivity contribution is 7.84. The molecule has 3 atom stereocenters. The summed E-state index contributed by atoms with van der Waals surface area (Å²) < 4.78 is 22.2. The van der Waals surface area contributed by atoms with Gasteiger partial charge < -0.3 is 4.43 Å². The van der Waals surface area contributed by atoms with Crippen LogP contribution in [0.4, 0.5) is 0 Å². The molecule has 24 heavy (non-hydrogen) atoms. The molecule has 0 heterocycles. The Labute approximate surface area is 152 Å². The Morgan fingerprint density at radius 1 is 1.04 bits per heavy atom. The third-order valence-corrected chi connectivity index (χ3v) is 10.9. The van der Waals surface area contributed by atoms with Crippen LogP contribution in [-0.2, 0) is 15.4 Å². The van der Waals surface area contributed by atoms with Crippen molar-refractivity contribution >= 4 is 19.3 Å². The fraction of sp³-hybridized carbons (Fsp3) is 0.684. The Morgan fingerprint density at radius 3 is 1.96 bits per heavy atom. The zero-order valence-corrected chi connectivity index (χ0v) is 18.6. The Balaban J connectivity index is 3.08. The summed E-state index contributed by atoms with van der Waals surface area (Å²) in [6, 6.07) is 10.1. The van der Waals surface area contributed by atoms with Gasteiger partial charge >= 0.3 is 0 Å². The molecule has 0 bridgehead atoms. The first-order valence-corrected chi connectivity index (χ1v) is 12.7. The lowest BCUT2D eigenvalue weighted by Gasteiger charge is -2.41. The molecular formula is C19H35NO2SSi. The Morgan fingerprint density at radius 2 is 1.54 bits per heavy atom. The van der Waals surface area contributed by atoms with Gasteiger partial charge in [-0.25, -0.2) is 8.93 Å². The molecule has 0 fully saturated rings. The summed E-state index contributed by atoms with van der Waals surface area (Å²) >= 11 is 0. The smallest absolute Gasteiger partial charge is 0.192 e. The highest BCUT2D eigenvalue weighted by Crippen LogP contribution is 2.38. The van der Waals surface area contributed by atoms with Gasteiger partial charge in [0.05, 0.1) is 27.9 Å². The molecule has 0 aliphatic carbocycles.